The van der Waals surface area contributed by atoms with Gasteiger partial charge in [0.1, 0.15) is 18.3 Å². The second-order valence-corrected chi connectivity index (χ2v) is 6.56. The highest BCUT2D eigenvalue weighted by atomic mass is 16.7. The smallest absolute Gasteiger partial charge is 0.338 e. The highest BCUT2D eigenvalue weighted by Crippen LogP contribution is 2.23. The molecule has 7 nitrogen and oxygen atoms in total. The van der Waals surface area contributed by atoms with Crippen molar-refractivity contribution in [3.8, 4) is 0 Å². The summed E-state index contributed by atoms with van der Waals surface area (Å²) in [7, 11) is 0. The van der Waals surface area contributed by atoms with Gasteiger partial charge in [0.2, 0.25) is 0 Å². The molecule has 7 heteroatoms. The van der Waals surface area contributed by atoms with Crippen LogP contribution in [0.15, 0.2) is 0 Å². The van der Waals surface area contributed by atoms with Gasteiger partial charge in [-0.25, -0.2) is 4.79 Å². The molecule has 0 radical (unpaired) electrons. The van der Waals surface area contributed by atoms with Crippen molar-refractivity contribution >= 4 is 5.97 Å². The first-order chi connectivity index (χ1) is 12.0. The van der Waals surface area contributed by atoms with Gasteiger partial charge in [-0.1, -0.05) is 52.4 Å². The number of esters is 1. The minimum atomic E-state index is -1.54. The first-order valence-corrected chi connectivity index (χ1v) is 9.50. The fourth-order valence-corrected chi connectivity index (χ4v) is 2.69. The third-order valence-electron chi connectivity index (χ3n) is 4.32. The van der Waals surface area contributed by atoms with Crippen molar-refractivity contribution in [2.45, 2.75) is 95.9 Å². The third-order valence-corrected chi connectivity index (χ3v) is 4.32. The number of unbranched alkanes of at least 4 members (excludes halogenated alkanes) is 6. The van der Waals surface area contributed by atoms with Gasteiger partial charge in [0, 0.05) is 6.61 Å². The number of hydrogen-bond acceptors (Lipinski definition) is 7. The van der Waals surface area contributed by atoms with Crippen LogP contribution < -0.4 is 0 Å². The zero-order chi connectivity index (χ0) is 18.7. The Morgan fingerprint density at radius 1 is 0.840 bits per heavy atom. The van der Waals surface area contributed by atoms with E-state index in [1.807, 2.05) is 0 Å². The molecule has 0 bridgehead atoms. The van der Waals surface area contributed by atoms with Crippen molar-refractivity contribution < 1.29 is 34.3 Å². The summed E-state index contributed by atoms with van der Waals surface area (Å²) < 4.78 is 15.9. The molecule has 0 spiro atoms. The van der Waals surface area contributed by atoms with Crippen LogP contribution in [0.5, 0.6) is 0 Å². The van der Waals surface area contributed by atoms with Gasteiger partial charge in [0.25, 0.3) is 0 Å². The lowest BCUT2D eigenvalue weighted by molar-refractivity contribution is -0.295. The van der Waals surface area contributed by atoms with Gasteiger partial charge in [-0.05, 0) is 12.8 Å². The lowest BCUT2D eigenvalue weighted by Crippen LogP contribution is -2.60. The number of hydrogen-bond donors (Lipinski definition) is 3. The van der Waals surface area contributed by atoms with Crippen molar-refractivity contribution in [1.82, 2.24) is 0 Å². The van der Waals surface area contributed by atoms with E-state index in [1.54, 1.807) is 0 Å². The second kappa shape index (κ2) is 12.6. The van der Waals surface area contributed by atoms with Crippen LogP contribution in [0, 0.1) is 0 Å². The monoisotopic (exact) mass is 362 g/mol. The van der Waals surface area contributed by atoms with Crippen LogP contribution in [0.3, 0.4) is 0 Å². The maximum Gasteiger partial charge on any atom is 0.338 e. The number of aliphatic hydroxyl groups excluding tert-OH is 3. The van der Waals surface area contributed by atoms with Gasteiger partial charge < -0.3 is 29.5 Å². The molecule has 0 amide bonds. The van der Waals surface area contributed by atoms with Crippen molar-refractivity contribution in [3.05, 3.63) is 0 Å². The topological polar surface area (TPSA) is 105 Å². The molecule has 0 aliphatic carbocycles. The van der Waals surface area contributed by atoms with E-state index in [9.17, 15) is 20.1 Å². The van der Waals surface area contributed by atoms with Gasteiger partial charge in [-0.3, -0.25) is 0 Å². The highest BCUT2D eigenvalue weighted by molar-refractivity contribution is 5.75. The predicted molar refractivity (Wildman–Crippen MR) is 91.9 cm³/mol. The summed E-state index contributed by atoms with van der Waals surface area (Å²) in [6, 6.07) is 0. The van der Waals surface area contributed by atoms with Gasteiger partial charge in [-0.15, -0.1) is 0 Å². The Bertz CT molecular complexity index is 363. The van der Waals surface area contributed by atoms with Crippen LogP contribution in [-0.4, -0.2) is 65.2 Å². The molecule has 148 valence electrons. The van der Waals surface area contributed by atoms with E-state index in [-0.39, 0.29) is 6.61 Å². The number of ether oxygens (including phenoxy) is 3. The van der Waals surface area contributed by atoms with E-state index >= 15 is 0 Å². The van der Waals surface area contributed by atoms with Crippen LogP contribution in [0.2, 0.25) is 0 Å². The molecular formula is C18H34O7. The molecule has 1 saturated heterocycles. The fourth-order valence-electron chi connectivity index (χ4n) is 2.69. The minimum Gasteiger partial charge on any atom is -0.464 e. The minimum absolute atomic E-state index is 0.243. The van der Waals surface area contributed by atoms with Crippen molar-refractivity contribution in [2.24, 2.45) is 0 Å². The summed E-state index contributed by atoms with van der Waals surface area (Å²) in [5.41, 5.74) is 0. The molecule has 0 aromatic heterocycles. The van der Waals surface area contributed by atoms with Crippen LogP contribution >= 0.6 is 0 Å². The Labute approximate surface area is 150 Å². The summed E-state index contributed by atoms with van der Waals surface area (Å²) >= 11 is 0. The zero-order valence-corrected chi connectivity index (χ0v) is 15.4. The van der Waals surface area contributed by atoms with E-state index in [1.165, 1.54) is 0 Å². The first-order valence-electron chi connectivity index (χ1n) is 9.50. The largest absolute Gasteiger partial charge is 0.464 e. The van der Waals surface area contributed by atoms with E-state index in [2.05, 4.69) is 13.8 Å². The maximum absolute atomic E-state index is 12.1. The Morgan fingerprint density at radius 3 is 2.04 bits per heavy atom. The lowest BCUT2D eigenvalue weighted by atomic mass is 9.99. The van der Waals surface area contributed by atoms with Crippen molar-refractivity contribution in [1.29, 1.82) is 0 Å². The summed E-state index contributed by atoms with van der Waals surface area (Å²) in [5.74, 6) is -0.741. The third kappa shape index (κ3) is 7.58. The Morgan fingerprint density at radius 2 is 1.44 bits per heavy atom. The molecule has 0 unspecified atom stereocenters. The summed E-state index contributed by atoms with van der Waals surface area (Å²) in [4.78, 5) is 12.1. The van der Waals surface area contributed by atoms with Crippen molar-refractivity contribution in [2.75, 3.05) is 13.2 Å². The first kappa shape index (κ1) is 22.3. The number of carbonyl (C=O) groups excluding carboxylic acids is 1. The van der Waals surface area contributed by atoms with E-state index in [0.29, 0.717) is 6.61 Å². The Kier molecular flexibility index (Phi) is 11.2. The molecule has 25 heavy (non-hydrogen) atoms. The van der Waals surface area contributed by atoms with Gasteiger partial charge in [0.05, 0.1) is 6.61 Å². The standard InChI is InChI=1S/C18H34O7/c1-3-5-7-9-11-23-17(22)16-14(20)13(19)15(21)18(25-16)24-12-10-8-6-4-2/h13-16,18-21H,3-12H2,1-2H3/t13-,14+,15+,16-,18-/m0/s1. The van der Waals surface area contributed by atoms with Crippen LogP contribution in [0.25, 0.3) is 0 Å². The SMILES string of the molecule is CCCCCCOC(=O)[C@H]1O[C@H](OCCCCCC)[C@H](O)[C@@H](O)[C@H]1O. The molecule has 5 atom stereocenters. The van der Waals surface area contributed by atoms with E-state index in [0.717, 1.165) is 51.4 Å². The molecule has 1 rings (SSSR count). The normalized spacial score (nSPS) is 29.6. The molecule has 1 heterocycles. The molecule has 1 aliphatic rings. The van der Waals surface area contributed by atoms with Crippen LogP contribution in [0.4, 0.5) is 0 Å². The average Bonchev–Trinajstić information content (AvgIpc) is 2.61. The fraction of sp³-hybridized carbons (Fsp3) is 0.944. The molecular weight excluding hydrogens is 328 g/mol. The zero-order valence-electron chi connectivity index (χ0n) is 15.4. The lowest BCUT2D eigenvalue weighted by Gasteiger charge is -2.39. The van der Waals surface area contributed by atoms with Crippen LogP contribution in [0.1, 0.15) is 65.2 Å². The molecule has 0 aromatic rings. The van der Waals surface area contributed by atoms with E-state index in [4.69, 9.17) is 14.2 Å². The van der Waals surface area contributed by atoms with Gasteiger partial charge in [0.15, 0.2) is 12.4 Å². The molecule has 1 fully saturated rings. The van der Waals surface area contributed by atoms with Gasteiger partial charge in [-0.2, -0.15) is 0 Å². The maximum atomic E-state index is 12.1. The molecule has 3 N–H and O–H groups in total. The average molecular weight is 362 g/mol. The predicted octanol–water partition coefficient (Wildman–Crippen LogP) is 1.51. The summed E-state index contributed by atoms with van der Waals surface area (Å²) in [6.45, 7) is 4.79. The van der Waals surface area contributed by atoms with Gasteiger partial charge >= 0.3 is 5.97 Å². The van der Waals surface area contributed by atoms with Crippen LogP contribution in [-0.2, 0) is 19.0 Å². The Balaban J connectivity index is 2.44. The van der Waals surface area contributed by atoms with E-state index < -0.39 is 36.7 Å². The molecule has 0 aromatic carbocycles. The highest BCUT2D eigenvalue weighted by Gasteiger charge is 2.47. The number of rotatable bonds is 12. The van der Waals surface area contributed by atoms with Crippen molar-refractivity contribution in [3.63, 3.8) is 0 Å². The Hall–Kier alpha value is -0.730. The second-order valence-electron chi connectivity index (χ2n) is 6.56. The quantitative estimate of drug-likeness (QED) is 0.357. The summed E-state index contributed by atoms with van der Waals surface area (Å²) in [6.07, 6.45) is 0.847. The summed E-state index contributed by atoms with van der Waals surface area (Å²) in [5, 5.41) is 29.9. The number of carbonyl (C=O) groups is 1. The molecule has 1 aliphatic heterocycles. The number of aliphatic hydroxyl groups is 3. The molecule has 0 saturated carbocycles.